The van der Waals surface area contributed by atoms with Crippen LogP contribution in [0.5, 0.6) is 0 Å². The van der Waals surface area contributed by atoms with Gasteiger partial charge in [-0.2, -0.15) is 0 Å². The van der Waals surface area contributed by atoms with E-state index in [-0.39, 0.29) is 200 Å². The molecule has 398 valence electrons. The summed E-state index contributed by atoms with van der Waals surface area (Å²) in [5, 5.41) is 66.6. The molecular weight excluding hydrogens is 1270 g/mol. The molecule has 6 aromatic rings. The molecule has 0 aliphatic heterocycles. The summed E-state index contributed by atoms with van der Waals surface area (Å²) in [4.78, 5) is 94.3. The number of pyridine rings is 6. The molecule has 0 aromatic carbocycles. The van der Waals surface area contributed by atoms with Gasteiger partial charge in [0.2, 0.25) is 0 Å². The zero-order valence-electron chi connectivity index (χ0n) is 37.4. The molecule has 2 radical (unpaired) electrons. The Morgan fingerprint density at radius 1 is 0.288 bits per heavy atom. The van der Waals surface area contributed by atoms with Crippen molar-refractivity contribution in [3.8, 4) is 0 Å². The van der Waals surface area contributed by atoms with Gasteiger partial charge in [0.15, 0.2) is 0 Å². The smallest absolute Gasteiger partial charge is 0.543 e. The summed E-state index contributed by atoms with van der Waals surface area (Å²) in [5.41, 5.74) is 1.09. The molecule has 20 N–H and O–H groups in total. The Hall–Kier alpha value is -6.15. The van der Waals surface area contributed by atoms with Gasteiger partial charge in [-0.15, -0.1) is 0 Å². The molecule has 29 nitrogen and oxygen atoms in total. The zero-order valence-corrected chi connectivity index (χ0v) is 41.7. The number of rotatable bonds is 18. The van der Waals surface area contributed by atoms with Crippen LogP contribution in [0.1, 0.15) is 97.1 Å². The molecular formula is C42H50N8O21Tb2+4. The third-order valence-corrected chi connectivity index (χ3v) is 8.41. The number of aromatic carboxylic acids is 6. The fraction of sp³-hybridized carbons (Fsp3) is 0.143. The van der Waals surface area contributed by atoms with Gasteiger partial charge < -0.3 is 109 Å². The van der Waals surface area contributed by atoms with Crippen molar-refractivity contribution in [2.75, 3.05) is 0 Å². The van der Waals surface area contributed by atoms with Crippen molar-refractivity contribution in [2.24, 2.45) is 0 Å². The first-order valence-electron chi connectivity index (χ1n) is 18.1. The molecule has 73 heavy (non-hydrogen) atoms. The molecule has 0 bridgehead atoms. The summed E-state index contributed by atoms with van der Waals surface area (Å²) in [7, 11) is 0. The maximum absolute atomic E-state index is 11.1. The van der Waals surface area contributed by atoms with Crippen molar-refractivity contribution in [1.29, 1.82) is 0 Å². The van der Waals surface area contributed by atoms with Crippen molar-refractivity contribution in [1.82, 2.24) is 39.7 Å². The van der Waals surface area contributed by atoms with Crippen molar-refractivity contribution >= 4 is 35.8 Å². The Balaban J connectivity index is -0.000000207. The molecule has 6 rings (SSSR count). The molecule has 6 heterocycles. The van der Waals surface area contributed by atoms with E-state index in [0.717, 1.165) is 0 Å². The molecule has 0 spiro atoms. The first kappa shape index (κ1) is 80.9. The molecule has 0 saturated heterocycles. The SMILES string of the molecule is O.O.O.O.O.O.O.O=C([O-])c1cccc(CN(Cc2cccc(C(=O)[O-])n2)Cc2cccc(C(=O)[O-])n2)n1.O=C([O-])c1cccc(CN(Cc2cccc(C(=O)[O-])n2)Cc2cccc(C(=O)[O-])n2)n1.[OH3+].[OH3+].[Tb+4].[Tb+4]. The van der Waals surface area contributed by atoms with E-state index >= 15 is 0 Å². The van der Waals surface area contributed by atoms with Gasteiger partial charge in [-0.1, -0.05) is 36.4 Å². The van der Waals surface area contributed by atoms with Crippen LogP contribution in [-0.2, 0) is 50.2 Å². The van der Waals surface area contributed by atoms with E-state index in [4.69, 9.17) is 0 Å². The standard InChI is InChI=1S/2C21H18N4O6.9H2O.2Tb/c2*26-19(27)16-7-1-4-13(22-16)10-25(11-14-5-2-8-17(23-14)20(28)29)12-15-6-3-9-18(24-15)21(30)31;;;;;;;;;;;/h2*1-9H,10-12H2,(H,26,27)(H,28,29)(H,30,31);9*1H2;;/q;;;;;;;;;;;2*+4/p-4. The minimum Gasteiger partial charge on any atom is -0.543 e. The average Bonchev–Trinajstić information content (AvgIpc) is 3.24. The summed E-state index contributed by atoms with van der Waals surface area (Å²) in [6.45, 7) is 0.890. The second kappa shape index (κ2) is 39.4. The number of carbonyl (C=O) groups excluding carboxylic acids is 6. The Kier molecular flexibility index (Phi) is 43.7. The predicted octanol–water partition coefficient (Wildman–Crippen LogP) is -11.3. The van der Waals surface area contributed by atoms with E-state index in [1.807, 2.05) is 0 Å². The van der Waals surface area contributed by atoms with Crippen LogP contribution in [0.15, 0.2) is 109 Å². The maximum atomic E-state index is 11.1. The van der Waals surface area contributed by atoms with Gasteiger partial charge in [0.1, 0.15) is 0 Å². The molecule has 0 aliphatic rings. The summed E-state index contributed by atoms with van der Waals surface area (Å²) < 4.78 is 0. The van der Waals surface area contributed by atoms with Gasteiger partial charge in [-0.05, 0) is 72.8 Å². The average molecular weight is 1320 g/mol. The number of carboxylic acid groups (broad SMARTS) is 6. The van der Waals surface area contributed by atoms with Gasteiger partial charge >= 0.3 is 77.2 Å². The normalized spacial score (nSPS) is 9.12. The number of aromatic nitrogens is 6. The van der Waals surface area contributed by atoms with Gasteiger partial charge in [0.25, 0.3) is 0 Å². The van der Waals surface area contributed by atoms with Crippen molar-refractivity contribution in [2.45, 2.75) is 39.3 Å². The van der Waals surface area contributed by atoms with Crippen LogP contribution in [0, 0.1) is 77.2 Å². The monoisotopic (exact) mass is 1320 g/mol. The third kappa shape index (κ3) is 25.9. The fourth-order valence-corrected chi connectivity index (χ4v) is 5.80. The van der Waals surface area contributed by atoms with Crippen LogP contribution in [0.25, 0.3) is 0 Å². The third-order valence-electron chi connectivity index (χ3n) is 8.41. The van der Waals surface area contributed by atoms with Crippen LogP contribution >= 0.6 is 0 Å². The van der Waals surface area contributed by atoms with Crippen molar-refractivity contribution in [3.05, 3.63) is 178 Å². The molecule has 0 atom stereocenters. The first-order chi connectivity index (χ1) is 29.6. The van der Waals surface area contributed by atoms with E-state index < -0.39 is 35.8 Å². The second-order valence-electron chi connectivity index (χ2n) is 13.1. The van der Waals surface area contributed by atoms with Gasteiger partial charge in [-0.25, -0.2) is 0 Å². The van der Waals surface area contributed by atoms with E-state index in [1.165, 1.54) is 72.8 Å². The first-order valence-corrected chi connectivity index (χ1v) is 18.1. The largest absolute Gasteiger partial charge is 4.00 e. The molecule has 31 heteroatoms. The molecule has 0 amide bonds. The molecule has 0 aliphatic carbocycles. The van der Waals surface area contributed by atoms with Crippen molar-refractivity contribution < 1.29 is 186 Å². The number of nitrogens with zero attached hydrogens (tertiary/aromatic N) is 8. The Morgan fingerprint density at radius 2 is 0.411 bits per heavy atom. The van der Waals surface area contributed by atoms with E-state index in [2.05, 4.69) is 29.9 Å². The number of carbonyl (C=O) groups is 6. The fourth-order valence-electron chi connectivity index (χ4n) is 5.80. The van der Waals surface area contributed by atoms with E-state index in [1.54, 1.807) is 46.2 Å². The van der Waals surface area contributed by atoms with Crippen LogP contribution in [-0.4, -0.2) is 114 Å². The Bertz CT molecular complexity index is 2200. The second-order valence-corrected chi connectivity index (χ2v) is 13.1. The minimum atomic E-state index is -1.42. The number of hydrogen-bond donors (Lipinski definition) is 0. The molecule has 6 aromatic heterocycles. The van der Waals surface area contributed by atoms with E-state index in [9.17, 15) is 59.4 Å². The molecule has 0 fully saturated rings. The number of carboxylic acids is 6. The topological polar surface area (TPSA) is 611 Å². The minimum absolute atomic E-state index is 0. The van der Waals surface area contributed by atoms with Gasteiger partial charge in [0.05, 0.1) is 104 Å². The molecule has 0 saturated carbocycles. The van der Waals surface area contributed by atoms with Crippen LogP contribution < -0.4 is 30.6 Å². The van der Waals surface area contributed by atoms with Crippen molar-refractivity contribution in [3.63, 3.8) is 0 Å². The quantitative estimate of drug-likeness (QED) is 0.0721. The van der Waals surface area contributed by atoms with Gasteiger partial charge in [0, 0.05) is 39.3 Å². The molecule has 0 unspecified atom stereocenters. The van der Waals surface area contributed by atoms with E-state index in [0.29, 0.717) is 34.2 Å². The Labute approximate surface area is 474 Å². The van der Waals surface area contributed by atoms with Gasteiger partial charge in [-0.3, -0.25) is 39.7 Å². The van der Waals surface area contributed by atoms with Crippen LogP contribution in [0.4, 0.5) is 0 Å². The van der Waals surface area contributed by atoms with Crippen LogP contribution in [0.2, 0.25) is 0 Å². The predicted molar refractivity (Wildman–Crippen MR) is 232 cm³/mol. The zero-order chi connectivity index (χ0) is 44.8. The number of hydrogen-bond acceptors (Lipinski definition) is 20. The van der Waals surface area contributed by atoms with Crippen LogP contribution in [0.3, 0.4) is 0 Å². The summed E-state index contributed by atoms with van der Waals surface area (Å²) in [6, 6.07) is 26.7. The summed E-state index contributed by atoms with van der Waals surface area (Å²) in [5.74, 6) is -8.50. The summed E-state index contributed by atoms with van der Waals surface area (Å²) >= 11 is 0. The summed E-state index contributed by atoms with van der Waals surface area (Å²) in [6.07, 6.45) is 0. The Morgan fingerprint density at radius 3 is 0.521 bits per heavy atom. The maximum Gasteiger partial charge on any atom is 4.00 e.